The van der Waals surface area contributed by atoms with Crippen molar-refractivity contribution in [2.24, 2.45) is 0 Å². The summed E-state index contributed by atoms with van der Waals surface area (Å²) in [5, 5.41) is 6.00. The minimum atomic E-state index is 0. The van der Waals surface area contributed by atoms with Crippen LogP contribution in [0, 0.1) is 0 Å². The summed E-state index contributed by atoms with van der Waals surface area (Å²) >= 11 is 0. The maximum atomic E-state index is 4.83. The molecule has 0 aromatic rings. The molecule has 0 aromatic heterocycles. The number of nitrogens with one attached hydrogen (secondary N) is 2. The van der Waals surface area contributed by atoms with Crippen LogP contribution in [-0.2, 0) is 23.0 Å². The third-order valence-electron chi connectivity index (χ3n) is 1.25. The monoisotopic (exact) mass is 180 g/mol. The van der Waals surface area contributed by atoms with E-state index in [1.165, 1.54) is 0 Å². The van der Waals surface area contributed by atoms with Gasteiger partial charge in [-0.25, -0.2) is 0 Å². The predicted molar refractivity (Wildman–Crippen MR) is 47.2 cm³/mol. The van der Waals surface area contributed by atoms with Crippen molar-refractivity contribution in [2.45, 2.75) is 0 Å². The van der Waals surface area contributed by atoms with Crippen LogP contribution in [-0.4, -0.2) is 39.8 Å². The first-order valence-corrected chi connectivity index (χ1v) is 3.57. The van der Waals surface area contributed by atoms with E-state index in [4.69, 9.17) is 9.47 Å². The van der Waals surface area contributed by atoms with Crippen LogP contribution in [0.4, 0.5) is 0 Å². The molecule has 2 aliphatic rings. The summed E-state index contributed by atoms with van der Waals surface area (Å²) in [6.07, 6.45) is 0. The molecule has 0 aliphatic carbocycles. The molecule has 68 valence electrons. The van der Waals surface area contributed by atoms with Crippen LogP contribution in [0.1, 0.15) is 2.85 Å². The Bertz CT molecular complexity index is 59.8. The highest BCUT2D eigenvalue weighted by Gasteiger charge is 1.92. The molecule has 0 radical (unpaired) electrons. The van der Waals surface area contributed by atoms with Crippen molar-refractivity contribution < 1.29 is 12.3 Å². The second kappa shape index (κ2) is 8.29. The summed E-state index contributed by atoms with van der Waals surface area (Å²) in [6.45, 7) is 5.33. The minimum absolute atomic E-state index is 0. The minimum Gasteiger partial charge on any atom is -2.00 e. The van der Waals surface area contributed by atoms with Gasteiger partial charge in [0, 0.05) is 13.1 Å². The Morgan fingerprint density at radius 3 is 1.45 bits per heavy atom. The van der Waals surface area contributed by atoms with Crippen molar-refractivity contribution in [1.29, 1.82) is 0 Å². The van der Waals surface area contributed by atoms with E-state index in [1.54, 1.807) is 0 Å². The summed E-state index contributed by atoms with van der Waals surface area (Å²) in [6, 6.07) is 0. The lowest BCUT2D eigenvalue weighted by Gasteiger charge is -2.00. The van der Waals surface area contributed by atoms with Crippen molar-refractivity contribution in [1.82, 2.24) is 10.6 Å². The van der Waals surface area contributed by atoms with Gasteiger partial charge in [-0.1, -0.05) is 0 Å². The molecule has 0 unspecified atom stereocenters. The zero-order valence-corrected chi connectivity index (χ0v) is 7.28. The highest BCUT2D eigenvalue weighted by molar-refractivity contribution is 7.37. The van der Waals surface area contributed by atoms with E-state index in [-0.39, 0.29) is 16.3 Å². The van der Waals surface area contributed by atoms with Crippen LogP contribution in [0.3, 0.4) is 0 Å². The second-order valence-corrected chi connectivity index (χ2v) is 2.11. The lowest BCUT2D eigenvalue weighted by Crippen LogP contribution is -2.05. The summed E-state index contributed by atoms with van der Waals surface area (Å²) < 4.78 is 9.67. The first kappa shape index (κ1) is 11.2. The Labute approximate surface area is 77.0 Å². The Balaban J connectivity index is -0.000000125. The van der Waals surface area contributed by atoms with Gasteiger partial charge in [0.1, 0.15) is 0 Å². The molecular weight excluding hydrogens is 164 g/mol. The van der Waals surface area contributed by atoms with Gasteiger partial charge in [-0.3, -0.25) is 10.6 Å². The first-order valence-electron chi connectivity index (χ1n) is 3.57. The molecule has 2 N–H and O–H groups in total. The lowest BCUT2D eigenvalue weighted by atomic mass is 10.7. The molecule has 4 nitrogen and oxygen atoms in total. The Morgan fingerprint density at radius 1 is 0.909 bits per heavy atom. The van der Waals surface area contributed by atoms with Crippen LogP contribution in [0.5, 0.6) is 0 Å². The molecule has 0 atom stereocenters. The van der Waals surface area contributed by atoms with E-state index in [1.807, 2.05) is 0 Å². The fourth-order valence-corrected chi connectivity index (χ4v) is 0.722. The zero-order valence-electron chi connectivity index (χ0n) is 8.47. The van der Waals surface area contributed by atoms with Crippen LogP contribution < -0.4 is 10.6 Å². The number of hydrogen-bond acceptors (Lipinski definition) is 4. The molecule has 0 bridgehead atoms. The van der Waals surface area contributed by atoms with E-state index in [9.17, 15) is 0 Å². The normalized spacial score (nSPS) is 21.8. The van der Waals surface area contributed by atoms with Gasteiger partial charge < -0.3 is 23.0 Å². The van der Waals surface area contributed by atoms with Crippen LogP contribution >= 0.6 is 0 Å². The molecule has 2 heterocycles. The van der Waals surface area contributed by atoms with Crippen molar-refractivity contribution in [3.63, 3.8) is 0 Å². The smallest absolute Gasteiger partial charge is 1.00 e. The highest BCUT2D eigenvalue weighted by atomic mass is 32.1. The first-order chi connectivity index (χ1) is 5.00. The molecule has 5 heteroatoms. The summed E-state index contributed by atoms with van der Waals surface area (Å²) in [5.74, 6) is 0. The van der Waals surface area contributed by atoms with E-state index in [2.05, 4.69) is 10.6 Å². The zero-order chi connectivity index (χ0) is 7.07. The Morgan fingerprint density at radius 2 is 1.36 bits per heavy atom. The Hall–Kier alpha value is 0.190. The average Bonchev–Trinajstić information content (AvgIpc) is 2.67. The van der Waals surface area contributed by atoms with Crippen molar-refractivity contribution in [3.8, 4) is 0 Å². The summed E-state index contributed by atoms with van der Waals surface area (Å²) in [5.41, 5.74) is 0. The van der Waals surface area contributed by atoms with Crippen molar-refractivity contribution in [2.75, 3.05) is 39.8 Å². The quantitative estimate of drug-likeness (QED) is 0.520. The maximum Gasteiger partial charge on any atom is 1.00 e. The second-order valence-electron chi connectivity index (χ2n) is 2.11. The van der Waals surface area contributed by atoms with Gasteiger partial charge in [0.25, 0.3) is 0 Å². The molecular formula is C6H16N2O2S. The van der Waals surface area contributed by atoms with E-state index in [0.717, 1.165) is 39.8 Å². The van der Waals surface area contributed by atoms with Gasteiger partial charge in [0.2, 0.25) is 0 Å². The maximum absolute atomic E-state index is 4.83. The van der Waals surface area contributed by atoms with Crippen molar-refractivity contribution >= 4 is 13.5 Å². The van der Waals surface area contributed by atoms with Crippen LogP contribution in [0.15, 0.2) is 0 Å². The van der Waals surface area contributed by atoms with Gasteiger partial charge in [-0.15, -0.1) is 0 Å². The van der Waals surface area contributed by atoms with Gasteiger partial charge in [-0.05, 0) is 0 Å². The summed E-state index contributed by atoms with van der Waals surface area (Å²) in [4.78, 5) is 0. The standard InChI is InChI=1S/2C3H7NO.S/c2*1-2-5-3-4-1;/h2*4H,1-3H2;/q;;-2/p+2. The van der Waals surface area contributed by atoms with Crippen LogP contribution in [0.2, 0.25) is 0 Å². The molecule has 11 heavy (non-hydrogen) atoms. The third kappa shape index (κ3) is 6.58. The number of rotatable bonds is 0. The Kier molecular flexibility index (Phi) is 8.43. The molecule has 2 aliphatic heterocycles. The van der Waals surface area contributed by atoms with E-state index < -0.39 is 0 Å². The molecule has 2 fully saturated rings. The van der Waals surface area contributed by atoms with E-state index in [0.29, 0.717) is 0 Å². The van der Waals surface area contributed by atoms with Gasteiger partial charge in [0.15, 0.2) is 0 Å². The predicted octanol–water partition coefficient (Wildman–Crippen LogP) is -0.650. The molecule has 0 spiro atoms. The molecule has 0 saturated carbocycles. The van der Waals surface area contributed by atoms with Gasteiger partial charge in [-0.2, -0.15) is 0 Å². The molecule has 2 saturated heterocycles. The SMILES string of the molecule is C1COCN1.C1COCN1.[H+].[H+].[S-2]. The largest absolute Gasteiger partial charge is 2.00 e. The molecule has 0 amide bonds. The molecule has 0 aromatic carbocycles. The highest BCUT2D eigenvalue weighted by Crippen LogP contribution is 1.75. The fraction of sp³-hybridized carbons (Fsp3) is 1.00. The molecule has 2 rings (SSSR count). The third-order valence-corrected chi connectivity index (χ3v) is 1.25. The van der Waals surface area contributed by atoms with Gasteiger partial charge in [0.05, 0.1) is 26.7 Å². The lowest BCUT2D eigenvalue weighted by molar-refractivity contribution is 0.194. The topological polar surface area (TPSA) is 42.5 Å². The average molecular weight is 180 g/mol. The fourth-order valence-electron chi connectivity index (χ4n) is 0.722. The van der Waals surface area contributed by atoms with E-state index >= 15 is 0 Å². The van der Waals surface area contributed by atoms with Gasteiger partial charge >= 0.3 is 2.85 Å². The van der Waals surface area contributed by atoms with Crippen molar-refractivity contribution in [3.05, 3.63) is 0 Å². The van der Waals surface area contributed by atoms with Crippen LogP contribution in [0.25, 0.3) is 0 Å². The summed E-state index contributed by atoms with van der Waals surface area (Å²) in [7, 11) is 0. The number of ether oxygens (including phenoxy) is 2. The number of hydrogen-bond donors (Lipinski definition) is 2.